The SMILES string of the molecule is CC(=O)N(CCC(=O)NC1CCCCC1)Cc1cccnc1. The molecule has 2 rings (SSSR count). The van der Waals surface area contributed by atoms with Gasteiger partial charge < -0.3 is 10.2 Å². The van der Waals surface area contributed by atoms with Gasteiger partial charge >= 0.3 is 0 Å². The van der Waals surface area contributed by atoms with E-state index < -0.39 is 0 Å². The molecular weight excluding hydrogens is 278 g/mol. The fraction of sp³-hybridized carbons (Fsp3) is 0.588. The van der Waals surface area contributed by atoms with Crippen LogP contribution >= 0.6 is 0 Å². The normalized spacial score (nSPS) is 15.3. The second-order valence-electron chi connectivity index (χ2n) is 5.95. The highest BCUT2D eigenvalue weighted by molar-refractivity contribution is 5.78. The highest BCUT2D eigenvalue weighted by Crippen LogP contribution is 2.17. The Morgan fingerprint density at radius 2 is 2.09 bits per heavy atom. The van der Waals surface area contributed by atoms with Crippen LogP contribution in [0.1, 0.15) is 51.0 Å². The van der Waals surface area contributed by atoms with Crippen LogP contribution in [0.5, 0.6) is 0 Å². The molecule has 5 heteroatoms. The molecule has 22 heavy (non-hydrogen) atoms. The summed E-state index contributed by atoms with van der Waals surface area (Å²) in [6.45, 7) is 2.48. The fourth-order valence-corrected chi connectivity index (χ4v) is 2.84. The number of nitrogens with zero attached hydrogens (tertiary/aromatic N) is 2. The van der Waals surface area contributed by atoms with Gasteiger partial charge in [-0.05, 0) is 24.5 Å². The summed E-state index contributed by atoms with van der Waals surface area (Å²) in [6, 6.07) is 4.11. The molecule has 1 aromatic heterocycles. The standard InChI is InChI=1S/C17H25N3O2/c1-14(21)20(13-15-6-5-10-18-12-15)11-9-17(22)19-16-7-3-2-4-8-16/h5-6,10,12,16H,2-4,7-9,11,13H2,1H3,(H,19,22). The highest BCUT2D eigenvalue weighted by atomic mass is 16.2. The molecule has 5 nitrogen and oxygen atoms in total. The maximum Gasteiger partial charge on any atom is 0.221 e. The van der Waals surface area contributed by atoms with Gasteiger partial charge in [0.2, 0.25) is 11.8 Å². The Morgan fingerprint density at radius 1 is 1.32 bits per heavy atom. The van der Waals surface area contributed by atoms with Gasteiger partial charge in [-0.3, -0.25) is 14.6 Å². The molecule has 0 radical (unpaired) electrons. The van der Waals surface area contributed by atoms with E-state index >= 15 is 0 Å². The minimum Gasteiger partial charge on any atom is -0.353 e. The van der Waals surface area contributed by atoms with Crippen molar-refractivity contribution in [2.24, 2.45) is 0 Å². The largest absolute Gasteiger partial charge is 0.353 e. The van der Waals surface area contributed by atoms with Crippen molar-refractivity contribution in [3.63, 3.8) is 0 Å². The van der Waals surface area contributed by atoms with Crippen molar-refractivity contribution >= 4 is 11.8 Å². The third kappa shape index (κ3) is 5.47. The zero-order valence-corrected chi connectivity index (χ0v) is 13.3. The van der Waals surface area contributed by atoms with Crippen LogP contribution in [0.3, 0.4) is 0 Å². The maximum absolute atomic E-state index is 12.0. The molecule has 0 atom stereocenters. The summed E-state index contributed by atoms with van der Waals surface area (Å²) < 4.78 is 0. The van der Waals surface area contributed by atoms with E-state index in [2.05, 4.69) is 10.3 Å². The number of pyridine rings is 1. The molecule has 1 aliphatic carbocycles. The maximum atomic E-state index is 12.0. The fourth-order valence-electron chi connectivity index (χ4n) is 2.84. The number of carbonyl (C=O) groups excluding carboxylic acids is 2. The summed E-state index contributed by atoms with van der Waals surface area (Å²) in [6.07, 6.45) is 9.65. The van der Waals surface area contributed by atoms with Gasteiger partial charge in [0.1, 0.15) is 0 Å². The van der Waals surface area contributed by atoms with E-state index in [9.17, 15) is 9.59 Å². The number of carbonyl (C=O) groups is 2. The van der Waals surface area contributed by atoms with E-state index in [1.54, 1.807) is 17.3 Å². The third-order valence-corrected chi connectivity index (χ3v) is 4.12. The average molecular weight is 303 g/mol. The number of nitrogens with one attached hydrogen (secondary N) is 1. The Hall–Kier alpha value is -1.91. The second kappa shape index (κ2) is 8.51. The molecule has 1 heterocycles. The third-order valence-electron chi connectivity index (χ3n) is 4.12. The van der Waals surface area contributed by atoms with Gasteiger partial charge in [-0.1, -0.05) is 25.3 Å². The first-order chi connectivity index (χ1) is 10.6. The van der Waals surface area contributed by atoms with Crippen molar-refractivity contribution < 1.29 is 9.59 Å². The number of rotatable bonds is 6. The van der Waals surface area contributed by atoms with E-state index in [0.29, 0.717) is 25.6 Å². The molecule has 0 unspecified atom stereocenters. The monoisotopic (exact) mass is 303 g/mol. The van der Waals surface area contributed by atoms with Crippen LogP contribution in [0.25, 0.3) is 0 Å². The predicted octanol–water partition coefficient (Wildman–Crippen LogP) is 2.27. The zero-order chi connectivity index (χ0) is 15.8. The van der Waals surface area contributed by atoms with Gasteiger partial charge in [0.25, 0.3) is 0 Å². The first kappa shape index (κ1) is 16.5. The van der Waals surface area contributed by atoms with E-state index in [-0.39, 0.29) is 11.8 Å². The van der Waals surface area contributed by atoms with Gasteiger partial charge in [-0.2, -0.15) is 0 Å². The number of aromatic nitrogens is 1. The molecule has 0 saturated heterocycles. The quantitative estimate of drug-likeness (QED) is 0.877. The van der Waals surface area contributed by atoms with Crippen molar-refractivity contribution in [2.45, 2.75) is 58.0 Å². The lowest BCUT2D eigenvalue weighted by atomic mass is 9.95. The van der Waals surface area contributed by atoms with Gasteiger partial charge in [-0.15, -0.1) is 0 Å². The van der Waals surface area contributed by atoms with Crippen molar-refractivity contribution in [3.8, 4) is 0 Å². The van der Waals surface area contributed by atoms with Gasteiger partial charge in [-0.25, -0.2) is 0 Å². The Morgan fingerprint density at radius 3 is 2.73 bits per heavy atom. The second-order valence-corrected chi connectivity index (χ2v) is 5.95. The van der Waals surface area contributed by atoms with Gasteiger partial charge in [0, 0.05) is 44.9 Å². The van der Waals surface area contributed by atoms with E-state index in [1.165, 1.54) is 26.2 Å². The van der Waals surface area contributed by atoms with Crippen LogP contribution < -0.4 is 5.32 Å². The van der Waals surface area contributed by atoms with Crippen molar-refractivity contribution in [1.29, 1.82) is 0 Å². The molecule has 1 saturated carbocycles. The number of amides is 2. The van der Waals surface area contributed by atoms with E-state index in [4.69, 9.17) is 0 Å². The molecule has 0 aliphatic heterocycles. The van der Waals surface area contributed by atoms with E-state index in [0.717, 1.165) is 18.4 Å². The lowest BCUT2D eigenvalue weighted by Crippen LogP contribution is -2.39. The lowest BCUT2D eigenvalue weighted by Gasteiger charge is -2.24. The first-order valence-corrected chi connectivity index (χ1v) is 8.09. The molecule has 0 aromatic carbocycles. The Balaban J connectivity index is 1.78. The van der Waals surface area contributed by atoms with Crippen molar-refractivity contribution in [2.75, 3.05) is 6.54 Å². The number of hydrogen-bond donors (Lipinski definition) is 1. The van der Waals surface area contributed by atoms with Crippen LogP contribution in [-0.2, 0) is 16.1 Å². The van der Waals surface area contributed by atoms with Gasteiger partial charge in [0.05, 0.1) is 0 Å². The summed E-state index contributed by atoms with van der Waals surface area (Å²) in [5, 5.41) is 3.09. The summed E-state index contributed by atoms with van der Waals surface area (Å²) in [4.78, 5) is 29.5. The Bertz CT molecular complexity index is 484. The van der Waals surface area contributed by atoms with Crippen LogP contribution in [-0.4, -0.2) is 34.3 Å². The molecule has 1 fully saturated rings. The van der Waals surface area contributed by atoms with Crippen molar-refractivity contribution in [1.82, 2.24) is 15.2 Å². The summed E-state index contributed by atoms with van der Waals surface area (Å²) in [5.74, 6) is 0.0265. The molecule has 1 aromatic rings. The molecular formula is C17H25N3O2. The topological polar surface area (TPSA) is 62.3 Å². The highest BCUT2D eigenvalue weighted by Gasteiger charge is 2.17. The van der Waals surface area contributed by atoms with Crippen molar-refractivity contribution in [3.05, 3.63) is 30.1 Å². The Kier molecular flexibility index (Phi) is 6.37. The van der Waals surface area contributed by atoms with Crippen LogP contribution in [0.15, 0.2) is 24.5 Å². The van der Waals surface area contributed by atoms with Gasteiger partial charge in [0.15, 0.2) is 0 Å². The molecule has 1 aliphatic rings. The summed E-state index contributed by atoms with van der Waals surface area (Å²) in [5.41, 5.74) is 0.977. The summed E-state index contributed by atoms with van der Waals surface area (Å²) in [7, 11) is 0. The lowest BCUT2D eigenvalue weighted by molar-refractivity contribution is -0.130. The molecule has 1 N–H and O–H groups in total. The first-order valence-electron chi connectivity index (χ1n) is 8.09. The zero-order valence-electron chi connectivity index (χ0n) is 13.3. The molecule has 0 spiro atoms. The Labute approximate surface area is 132 Å². The molecule has 120 valence electrons. The molecule has 0 bridgehead atoms. The predicted molar refractivity (Wildman–Crippen MR) is 85.0 cm³/mol. The van der Waals surface area contributed by atoms with E-state index in [1.807, 2.05) is 12.1 Å². The minimum atomic E-state index is -0.0191. The molecule has 2 amide bonds. The smallest absolute Gasteiger partial charge is 0.221 e. The minimum absolute atomic E-state index is 0.0191. The van der Waals surface area contributed by atoms with Crippen LogP contribution in [0, 0.1) is 0 Å². The van der Waals surface area contributed by atoms with Crippen LogP contribution in [0.2, 0.25) is 0 Å². The van der Waals surface area contributed by atoms with Crippen LogP contribution in [0.4, 0.5) is 0 Å². The summed E-state index contributed by atoms with van der Waals surface area (Å²) >= 11 is 0. The average Bonchev–Trinajstić information content (AvgIpc) is 2.53. The number of hydrogen-bond acceptors (Lipinski definition) is 3.